The third kappa shape index (κ3) is 3.59. The van der Waals surface area contributed by atoms with Gasteiger partial charge < -0.3 is 9.30 Å². The van der Waals surface area contributed by atoms with Crippen molar-refractivity contribution in [2.24, 2.45) is 0 Å². The summed E-state index contributed by atoms with van der Waals surface area (Å²) in [5.74, 6) is 1.19. The van der Waals surface area contributed by atoms with E-state index in [0.717, 1.165) is 49.6 Å². The summed E-state index contributed by atoms with van der Waals surface area (Å²) < 4.78 is 7.51. The molecule has 2 aromatic heterocycles. The minimum atomic E-state index is 0.365. The van der Waals surface area contributed by atoms with Crippen LogP contribution in [0.5, 0.6) is 0 Å². The average Bonchev–Trinajstić information content (AvgIpc) is 2.75. The van der Waals surface area contributed by atoms with Gasteiger partial charge in [-0.1, -0.05) is 18.5 Å². The summed E-state index contributed by atoms with van der Waals surface area (Å²) in [6.07, 6.45) is 3.59. The predicted octanol–water partition coefficient (Wildman–Crippen LogP) is 3.64. The standard InChI is InChI=1S/C13H17Cl2N3O/c1-2-5-19-6-3-4-18-12(8-14)17-11-7-10(15)9-16-13(11)18/h7,9H,2-6,8H2,1H3. The van der Waals surface area contributed by atoms with E-state index in [1.54, 1.807) is 6.20 Å². The molecule has 2 heterocycles. The van der Waals surface area contributed by atoms with Gasteiger partial charge in [0.1, 0.15) is 11.3 Å². The lowest BCUT2D eigenvalue weighted by Crippen LogP contribution is -2.06. The quantitative estimate of drug-likeness (QED) is 0.579. The summed E-state index contributed by atoms with van der Waals surface area (Å²) in [6.45, 7) is 4.45. The third-order valence-electron chi connectivity index (χ3n) is 2.77. The largest absolute Gasteiger partial charge is 0.381 e. The van der Waals surface area contributed by atoms with Gasteiger partial charge in [0.2, 0.25) is 0 Å². The number of imidazole rings is 1. The summed E-state index contributed by atoms with van der Waals surface area (Å²) in [7, 11) is 0. The fourth-order valence-corrected chi connectivity index (χ4v) is 2.30. The monoisotopic (exact) mass is 301 g/mol. The molecule has 0 N–H and O–H groups in total. The van der Waals surface area contributed by atoms with Gasteiger partial charge in [0.05, 0.1) is 10.9 Å². The van der Waals surface area contributed by atoms with Gasteiger partial charge >= 0.3 is 0 Å². The Hall–Kier alpha value is -0.840. The van der Waals surface area contributed by atoms with Crippen LogP contribution in [0.1, 0.15) is 25.6 Å². The zero-order valence-electron chi connectivity index (χ0n) is 10.9. The molecule has 0 aliphatic heterocycles. The van der Waals surface area contributed by atoms with E-state index in [0.29, 0.717) is 10.9 Å². The van der Waals surface area contributed by atoms with Crippen molar-refractivity contribution in [1.82, 2.24) is 14.5 Å². The average molecular weight is 302 g/mol. The molecule has 4 nitrogen and oxygen atoms in total. The number of alkyl halides is 1. The zero-order valence-corrected chi connectivity index (χ0v) is 12.4. The highest BCUT2D eigenvalue weighted by Crippen LogP contribution is 2.19. The molecular formula is C13H17Cl2N3O. The molecule has 0 saturated carbocycles. The summed E-state index contributed by atoms with van der Waals surface area (Å²) in [4.78, 5) is 8.78. The molecule has 0 amide bonds. The summed E-state index contributed by atoms with van der Waals surface area (Å²) in [5, 5.41) is 0.588. The van der Waals surface area contributed by atoms with Crippen molar-refractivity contribution in [1.29, 1.82) is 0 Å². The number of hydrogen-bond donors (Lipinski definition) is 0. The second-order valence-corrected chi connectivity index (χ2v) is 4.98. The Balaban J connectivity index is 2.11. The number of aryl methyl sites for hydroxylation is 1. The molecule has 0 aliphatic carbocycles. The third-order valence-corrected chi connectivity index (χ3v) is 3.21. The molecule has 0 spiro atoms. The maximum Gasteiger partial charge on any atom is 0.160 e. The van der Waals surface area contributed by atoms with Gasteiger partial charge in [-0.25, -0.2) is 9.97 Å². The van der Waals surface area contributed by atoms with Crippen LogP contribution < -0.4 is 0 Å². The second-order valence-electron chi connectivity index (χ2n) is 4.28. The molecule has 0 radical (unpaired) electrons. The molecule has 0 unspecified atom stereocenters. The van der Waals surface area contributed by atoms with Crippen LogP contribution in [0.15, 0.2) is 12.3 Å². The summed E-state index contributed by atoms with van der Waals surface area (Å²) >= 11 is 11.9. The molecule has 0 saturated heterocycles. The van der Waals surface area contributed by atoms with E-state index in [2.05, 4.69) is 16.9 Å². The van der Waals surface area contributed by atoms with Gasteiger partial charge in [0.25, 0.3) is 0 Å². The van der Waals surface area contributed by atoms with E-state index >= 15 is 0 Å². The minimum absolute atomic E-state index is 0.365. The number of rotatable bonds is 7. The van der Waals surface area contributed by atoms with E-state index in [1.807, 2.05) is 10.6 Å². The molecular weight excluding hydrogens is 285 g/mol. The highest BCUT2D eigenvalue weighted by molar-refractivity contribution is 6.31. The maximum absolute atomic E-state index is 5.93. The predicted molar refractivity (Wildman–Crippen MR) is 77.8 cm³/mol. The number of aromatic nitrogens is 3. The number of fused-ring (bicyclic) bond motifs is 1. The van der Waals surface area contributed by atoms with Crippen molar-refractivity contribution in [3.8, 4) is 0 Å². The summed E-state index contributed by atoms with van der Waals surface area (Å²) in [6, 6.07) is 1.81. The summed E-state index contributed by atoms with van der Waals surface area (Å²) in [5.41, 5.74) is 1.62. The Morgan fingerprint density at radius 1 is 1.37 bits per heavy atom. The lowest BCUT2D eigenvalue weighted by molar-refractivity contribution is 0.129. The number of hydrogen-bond acceptors (Lipinski definition) is 3. The van der Waals surface area contributed by atoms with Crippen molar-refractivity contribution in [2.75, 3.05) is 13.2 Å². The molecule has 2 aromatic rings. The van der Waals surface area contributed by atoms with Crippen LogP contribution in [0.25, 0.3) is 11.2 Å². The van der Waals surface area contributed by atoms with E-state index in [9.17, 15) is 0 Å². The van der Waals surface area contributed by atoms with Crippen molar-refractivity contribution in [3.63, 3.8) is 0 Å². The molecule has 19 heavy (non-hydrogen) atoms. The highest BCUT2D eigenvalue weighted by Gasteiger charge is 2.11. The Labute approximate surface area is 122 Å². The van der Waals surface area contributed by atoms with Crippen LogP contribution >= 0.6 is 23.2 Å². The lowest BCUT2D eigenvalue weighted by atomic mass is 10.4. The number of ether oxygens (including phenoxy) is 1. The number of nitrogens with zero attached hydrogens (tertiary/aromatic N) is 3. The first-order valence-electron chi connectivity index (χ1n) is 6.40. The van der Waals surface area contributed by atoms with Crippen LogP contribution in [0, 0.1) is 0 Å². The normalized spacial score (nSPS) is 11.3. The van der Waals surface area contributed by atoms with Crippen LogP contribution in [-0.4, -0.2) is 27.7 Å². The molecule has 0 atom stereocenters. The van der Waals surface area contributed by atoms with Gasteiger partial charge in [0, 0.05) is 26.0 Å². The van der Waals surface area contributed by atoms with Gasteiger partial charge in [-0.15, -0.1) is 11.6 Å². The van der Waals surface area contributed by atoms with E-state index < -0.39 is 0 Å². The van der Waals surface area contributed by atoms with E-state index in [4.69, 9.17) is 27.9 Å². The molecule has 2 rings (SSSR count). The van der Waals surface area contributed by atoms with Gasteiger partial charge in [0.15, 0.2) is 5.65 Å². The van der Waals surface area contributed by atoms with Gasteiger partial charge in [-0.3, -0.25) is 0 Å². The Morgan fingerprint density at radius 2 is 2.21 bits per heavy atom. The van der Waals surface area contributed by atoms with Crippen molar-refractivity contribution in [2.45, 2.75) is 32.2 Å². The Bertz CT molecular complexity index is 542. The fraction of sp³-hybridized carbons (Fsp3) is 0.538. The van der Waals surface area contributed by atoms with Gasteiger partial charge in [-0.05, 0) is 18.9 Å². The van der Waals surface area contributed by atoms with Crippen LogP contribution in [0.2, 0.25) is 5.02 Å². The van der Waals surface area contributed by atoms with E-state index in [1.165, 1.54) is 0 Å². The van der Waals surface area contributed by atoms with Crippen LogP contribution in [-0.2, 0) is 17.2 Å². The maximum atomic E-state index is 5.93. The first-order valence-corrected chi connectivity index (χ1v) is 7.32. The SMILES string of the molecule is CCCOCCCn1c(CCl)nc2cc(Cl)cnc21. The smallest absolute Gasteiger partial charge is 0.160 e. The van der Waals surface area contributed by atoms with Crippen molar-refractivity contribution < 1.29 is 4.74 Å². The van der Waals surface area contributed by atoms with Crippen molar-refractivity contribution >= 4 is 34.4 Å². The molecule has 104 valence electrons. The zero-order chi connectivity index (χ0) is 13.7. The molecule has 0 aromatic carbocycles. The van der Waals surface area contributed by atoms with Crippen LogP contribution in [0.4, 0.5) is 0 Å². The first-order chi connectivity index (χ1) is 9.26. The van der Waals surface area contributed by atoms with Gasteiger partial charge in [-0.2, -0.15) is 0 Å². The molecule has 0 aliphatic rings. The Kier molecular flexibility index (Phi) is 5.43. The first kappa shape index (κ1) is 14.6. The number of halogens is 2. The topological polar surface area (TPSA) is 39.9 Å². The molecule has 0 fully saturated rings. The second kappa shape index (κ2) is 7.08. The highest BCUT2D eigenvalue weighted by atomic mass is 35.5. The fourth-order valence-electron chi connectivity index (χ4n) is 1.94. The van der Waals surface area contributed by atoms with Crippen LogP contribution in [0.3, 0.4) is 0 Å². The minimum Gasteiger partial charge on any atom is -0.381 e. The lowest BCUT2D eigenvalue weighted by Gasteiger charge is -2.07. The van der Waals surface area contributed by atoms with E-state index in [-0.39, 0.29) is 0 Å². The molecule has 0 bridgehead atoms. The van der Waals surface area contributed by atoms with Crippen molar-refractivity contribution in [3.05, 3.63) is 23.1 Å². The molecule has 6 heteroatoms. The number of pyridine rings is 1. The Morgan fingerprint density at radius 3 is 2.95 bits per heavy atom.